The number of rotatable bonds is 7. The third-order valence-electron chi connectivity index (χ3n) is 5.88. The largest absolute Gasteiger partial charge is 0.492 e. The van der Waals surface area contributed by atoms with Crippen molar-refractivity contribution in [1.82, 2.24) is 9.97 Å². The van der Waals surface area contributed by atoms with Gasteiger partial charge in [0.1, 0.15) is 42.6 Å². The summed E-state index contributed by atoms with van der Waals surface area (Å²) >= 11 is 1.87. The van der Waals surface area contributed by atoms with Crippen molar-refractivity contribution in [2.24, 2.45) is 0 Å². The molecule has 0 atom stereocenters. The Kier molecular flexibility index (Phi) is 6.11. The van der Waals surface area contributed by atoms with Crippen molar-refractivity contribution in [3.05, 3.63) is 46.6 Å². The number of para-hydroxylation sites is 1. The van der Waals surface area contributed by atoms with Crippen LogP contribution in [0.2, 0.25) is 0 Å². The van der Waals surface area contributed by atoms with Gasteiger partial charge in [-0.1, -0.05) is 18.2 Å². The minimum absolute atomic E-state index is 0.603. The molecule has 7 heteroatoms. The van der Waals surface area contributed by atoms with E-state index in [1.54, 1.807) is 0 Å². The topological polar surface area (TPSA) is 60.7 Å². The van der Waals surface area contributed by atoms with E-state index in [9.17, 15) is 0 Å². The lowest BCUT2D eigenvalue weighted by molar-refractivity contribution is -0.922. The molecule has 1 aromatic carbocycles. The molecule has 2 N–H and O–H groups in total. The number of benzene rings is 1. The number of anilines is 1. The maximum absolute atomic E-state index is 5.86. The van der Waals surface area contributed by atoms with Crippen LogP contribution in [0.5, 0.6) is 5.75 Å². The van der Waals surface area contributed by atoms with Gasteiger partial charge in [0.2, 0.25) is 0 Å². The van der Waals surface area contributed by atoms with Gasteiger partial charge in [0, 0.05) is 4.88 Å². The van der Waals surface area contributed by atoms with Crippen LogP contribution in [0.15, 0.2) is 30.3 Å². The van der Waals surface area contributed by atoms with Crippen molar-refractivity contribution in [3.63, 3.8) is 0 Å². The van der Waals surface area contributed by atoms with Crippen LogP contribution in [0.3, 0.4) is 0 Å². The van der Waals surface area contributed by atoms with Gasteiger partial charge in [-0.05, 0) is 43.4 Å². The Bertz CT molecular complexity index is 986. The Hall–Kier alpha value is -2.22. The zero-order valence-corrected chi connectivity index (χ0v) is 18.1. The van der Waals surface area contributed by atoms with Gasteiger partial charge < -0.3 is 19.7 Å². The summed E-state index contributed by atoms with van der Waals surface area (Å²) in [6.07, 6.45) is 4.86. The number of fused-ring (bicyclic) bond motifs is 3. The number of hydrogen-bond donors (Lipinski definition) is 2. The fraction of sp³-hybridized carbons (Fsp3) is 0.478. The molecular formula is C23H29N4O2S+. The van der Waals surface area contributed by atoms with Gasteiger partial charge in [-0.2, -0.15) is 0 Å². The maximum Gasteiger partial charge on any atom is 0.187 e. The van der Waals surface area contributed by atoms with Crippen LogP contribution < -0.4 is 15.0 Å². The molecule has 0 amide bonds. The zero-order chi connectivity index (χ0) is 20.2. The first-order valence-corrected chi connectivity index (χ1v) is 11.8. The van der Waals surface area contributed by atoms with E-state index >= 15 is 0 Å². The van der Waals surface area contributed by atoms with Gasteiger partial charge in [0.15, 0.2) is 5.82 Å². The summed E-state index contributed by atoms with van der Waals surface area (Å²) in [5, 5.41) is 4.81. The van der Waals surface area contributed by atoms with Crippen LogP contribution >= 0.6 is 11.3 Å². The second kappa shape index (κ2) is 9.29. The summed E-state index contributed by atoms with van der Waals surface area (Å²) < 4.78 is 11.4. The predicted molar refractivity (Wildman–Crippen MR) is 120 cm³/mol. The van der Waals surface area contributed by atoms with Crippen LogP contribution in [0.25, 0.3) is 10.2 Å². The molecular weight excluding hydrogens is 396 g/mol. The lowest BCUT2D eigenvalue weighted by Crippen LogP contribution is -3.12. The van der Waals surface area contributed by atoms with Gasteiger partial charge >= 0.3 is 0 Å². The minimum atomic E-state index is 0.603. The van der Waals surface area contributed by atoms with E-state index in [1.165, 1.54) is 40.0 Å². The van der Waals surface area contributed by atoms with Gasteiger partial charge in [-0.15, -0.1) is 11.3 Å². The van der Waals surface area contributed by atoms with Crippen LogP contribution in [-0.4, -0.2) is 49.4 Å². The predicted octanol–water partition coefficient (Wildman–Crippen LogP) is 2.48. The monoisotopic (exact) mass is 425 g/mol. The Morgan fingerprint density at radius 3 is 2.77 bits per heavy atom. The van der Waals surface area contributed by atoms with E-state index in [0.29, 0.717) is 6.61 Å². The number of quaternary nitrogens is 1. The lowest BCUT2D eigenvalue weighted by Gasteiger charge is -2.23. The van der Waals surface area contributed by atoms with Gasteiger partial charge in [0.05, 0.1) is 25.1 Å². The number of aromatic nitrogens is 2. The summed E-state index contributed by atoms with van der Waals surface area (Å²) in [5.41, 5.74) is 1.47. The van der Waals surface area contributed by atoms with Crippen LogP contribution in [0, 0.1) is 0 Å². The Morgan fingerprint density at radius 1 is 1.07 bits per heavy atom. The molecule has 0 bridgehead atoms. The second-order valence-electron chi connectivity index (χ2n) is 8.01. The van der Waals surface area contributed by atoms with Crippen LogP contribution in [-0.2, 0) is 24.1 Å². The van der Waals surface area contributed by atoms with E-state index in [0.717, 1.165) is 68.0 Å². The molecule has 3 aromatic rings. The first kappa shape index (κ1) is 19.7. The van der Waals surface area contributed by atoms with Gasteiger partial charge in [-0.25, -0.2) is 9.97 Å². The Labute approximate surface area is 181 Å². The first-order chi connectivity index (χ1) is 14.9. The third kappa shape index (κ3) is 4.43. The minimum Gasteiger partial charge on any atom is -0.492 e. The number of aryl methyl sites for hydroxylation is 2. The molecule has 1 aliphatic heterocycles. The molecule has 5 rings (SSSR count). The normalized spacial score (nSPS) is 17.1. The summed E-state index contributed by atoms with van der Waals surface area (Å²) in [7, 11) is 0. The van der Waals surface area contributed by atoms with E-state index < -0.39 is 0 Å². The summed E-state index contributed by atoms with van der Waals surface area (Å²) in [6, 6.07) is 9.96. The molecule has 158 valence electrons. The van der Waals surface area contributed by atoms with E-state index in [-0.39, 0.29) is 0 Å². The van der Waals surface area contributed by atoms with Gasteiger partial charge in [-0.3, -0.25) is 0 Å². The number of morpholine rings is 1. The molecule has 0 unspecified atom stereocenters. The summed E-state index contributed by atoms with van der Waals surface area (Å²) in [6.45, 7) is 5.88. The van der Waals surface area contributed by atoms with Crippen LogP contribution in [0.1, 0.15) is 29.1 Å². The average Bonchev–Trinajstić information content (AvgIpc) is 3.16. The Morgan fingerprint density at radius 2 is 1.90 bits per heavy atom. The standard InChI is InChI=1S/C23H28N4O2S/c1-2-6-17(7-3-1)29-13-10-24-22-21-18-8-4-5-9-19(18)30-23(21)26-20(25-22)16-27-11-14-28-15-12-27/h1-3,6-7H,4-5,8-16H2,(H,24,25,26)/p+1. The molecule has 0 saturated carbocycles. The second-order valence-corrected chi connectivity index (χ2v) is 9.09. The Balaban J connectivity index is 1.36. The quantitative estimate of drug-likeness (QED) is 0.570. The highest BCUT2D eigenvalue weighted by molar-refractivity contribution is 7.19. The van der Waals surface area contributed by atoms with Crippen molar-refractivity contribution in [1.29, 1.82) is 0 Å². The molecule has 0 radical (unpaired) electrons. The maximum atomic E-state index is 5.86. The highest BCUT2D eigenvalue weighted by Gasteiger charge is 2.23. The molecule has 1 fully saturated rings. The number of thiophene rings is 1. The third-order valence-corrected chi connectivity index (χ3v) is 7.06. The molecule has 2 aliphatic rings. The first-order valence-electron chi connectivity index (χ1n) is 11.0. The molecule has 0 spiro atoms. The van der Waals surface area contributed by atoms with E-state index in [4.69, 9.17) is 19.4 Å². The molecule has 30 heavy (non-hydrogen) atoms. The highest BCUT2D eigenvalue weighted by atomic mass is 32.1. The van der Waals surface area contributed by atoms with Crippen LogP contribution in [0.4, 0.5) is 5.82 Å². The highest BCUT2D eigenvalue weighted by Crippen LogP contribution is 2.38. The lowest BCUT2D eigenvalue weighted by atomic mass is 9.97. The van der Waals surface area contributed by atoms with Crippen molar-refractivity contribution >= 4 is 27.4 Å². The summed E-state index contributed by atoms with van der Waals surface area (Å²) in [5.74, 6) is 2.82. The van der Waals surface area contributed by atoms with E-state index in [2.05, 4.69) is 5.32 Å². The number of ether oxygens (including phenoxy) is 2. The van der Waals surface area contributed by atoms with Crippen molar-refractivity contribution in [2.45, 2.75) is 32.2 Å². The molecule has 2 aromatic heterocycles. The van der Waals surface area contributed by atoms with E-state index in [1.807, 2.05) is 41.7 Å². The number of nitrogens with one attached hydrogen (secondary N) is 2. The van der Waals surface area contributed by atoms with Crippen molar-refractivity contribution < 1.29 is 14.4 Å². The molecule has 6 nitrogen and oxygen atoms in total. The number of nitrogens with zero attached hydrogens (tertiary/aromatic N) is 2. The van der Waals surface area contributed by atoms with Crippen molar-refractivity contribution in [3.8, 4) is 5.75 Å². The summed E-state index contributed by atoms with van der Waals surface area (Å²) in [4.78, 5) is 14.1. The molecule has 3 heterocycles. The molecule has 1 saturated heterocycles. The fourth-order valence-electron chi connectivity index (χ4n) is 4.32. The molecule has 1 aliphatic carbocycles. The van der Waals surface area contributed by atoms with Crippen molar-refractivity contribution in [2.75, 3.05) is 44.8 Å². The van der Waals surface area contributed by atoms with Gasteiger partial charge in [0.25, 0.3) is 0 Å². The number of hydrogen-bond acceptors (Lipinski definition) is 6. The average molecular weight is 426 g/mol. The SMILES string of the molecule is c1ccc(OCCNc2nc(C[NH+]3CCOCC3)nc3sc4c(c23)CCCC4)cc1. The fourth-order valence-corrected chi connectivity index (χ4v) is 5.60. The zero-order valence-electron chi connectivity index (χ0n) is 17.3. The smallest absolute Gasteiger partial charge is 0.187 e.